The number of rotatable bonds is 4. The van der Waals surface area contributed by atoms with Crippen LogP contribution in [-0.2, 0) is 0 Å². The molecule has 0 aliphatic rings. The summed E-state index contributed by atoms with van der Waals surface area (Å²) in [5.74, 6) is -3.06. The predicted octanol–water partition coefficient (Wildman–Crippen LogP) is 2.64. The Bertz CT molecular complexity index is 494. The van der Waals surface area contributed by atoms with E-state index in [0.29, 0.717) is 12.5 Å². The maximum absolute atomic E-state index is 13.3. The molecule has 2 nitrogen and oxygen atoms in total. The zero-order valence-electron chi connectivity index (χ0n) is 9.77. The third-order valence-corrected chi connectivity index (χ3v) is 2.36. The van der Waals surface area contributed by atoms with Gasteiger partial charge >= 0.3 is 0 Å². The molecule has 18 heavy (non-hydrogen) atoms. The van der Waals surface area contributed by atoms with Gasteiger partial charge in [0, 0.05) is 0 Å². The average molecular weight is 255 g/mol. The number of carbonyl (C=O) groups is 1. The Hall–Kier alpha value is -1.96. The molecule has 0 spiro atoms. The summed E-state index contributed by atoms with van der Waals surface area (Å²) in [6.07, 6.45) is 6.44. The molecule has 1 atom stereocenters. The van der Waals surface area contributed by atoms with Crippen molar-refractivity contribution in [2.75, 3.05) is 0 Å². The van der Waals surface area contributed by atoms with Gasteiger partial charge in [-0.2, -0.15) is 0 Å². The maximum atomic E-state index is 13.3. The van der Waals surface area contributed by atoms with Crippen molar-refractivity contribution in [1.29, 1.82) is 0 Å². The standard InChI is InChI=1S/C13H12F3NO/c1-3-5-8(4-2)17-13(18)9-6-7-10(14)12(16)11(9)15/h2,6-8H,3,5H2,1H3,(H,17,18). The SMILES string of the molecule is C#CC(CCC)NC(=O)c1ccc(F)c(F)c1F. The fourth-order valence-corrected chi connectivity index (χ4v) is 1.42. The van der Waals surface area contributed by atoms with Gasteiger partial charge < -0.3 is 5.32 Å². The lowest BCUT2D eigenvalue weighted by Crippen LogP contribution is -2.34. The summed E-state index contributed by atoms with van der Waals surface area (Å²) in [6, 6.07) is 1.01. The van der Waals surface area contributed by atoms with E-state index in [1.54, 1.807) is 0 Å². The van der Waals surface area contributed by atoms with Crippen molar-refractivity contribution >= 4 is 5.91 Å². The zero-order valence-corrected chi connectivity index (χ0v) is 9.77. The smallest absolute Gasteiger partial charge is 0.255 e. The minimum Gasteiger partial charge on any atom is -0.338 e. The second-order valence-electron chi connectivity index (χ2n) is 3.70. The van der Waals surface area contributed by atoms with Gasteiger partial charge in [-0.15, -0.1) is 6.42 Å². The van der Waals surface area contributed by atoms with E-state index in [1.165, 1.54) is 0 Å². The van der Waals surface area contributed by atoms with E-state index in [0.717, 1.165) is 12.5 Å². The second kappa shape index (κ2) is 6.10. The first-order valence-electron chi connectivity index (χ1n) is 5.41. The first-order valence-corrected chi connectivity index (χ1v) is 5.41. The number of nitrogens with one attached hydrogen (secondary N) is 1. The number of benzene rings is 1. The van der Waals surface area contributed by atoms with Crippen LogP contribution in [0.3, 0.4) is 0 Å². The normalized spacial score (nSPS) is 11.7. The summed E-state index contributed by atoms with van der Waals surface area (Å²) in [6.45, 7) is 1.87. The molecule has 0 bridgehead atoms. The third-order valence-electron chi connectivity index (χ3n) is 2.36. The molecule has 0 radical (unpaired) electrons. The first-order chi connectivity index (χ1) is 8.51. The average Bonchev–Trinajstić information content (AvgIpc) is 2.35. The molecule has 1 N–H and O–H groups in total. The Kier molecular flexibility index (Phi) is 4.78. The first kappa shape index (κ1) is 14.1. The van der Waals surface area contributed by atoms with Gasteiger partial charge in [-0.25, -0.2) is 13.2 Å². The highest BCUT2D eigenvalue weighted by Crippen LogP contribution is 2.15. The number of hydrogen-bond donors (Lipinski definition) is 1. The van der Waals surface area contributed by atoms with Gasteiger partial charge in [-0.05, 0) is 18.6 Å². The molecule has 0 saturated heterocycles. The van der Waals surface area contributed by atoms with Crippen molar-refractivity contribution in [3.8, 4) is 12.3 Å². The molecule has 1 aromatic rings. The molecule has 1 amide bonds. The van der Waals surface area contributed by atoms with E-state index in [4.69, 9.17) is 6.42 Å². The van der Waals surface area contributed by atoms with Gasteiger partial charge in [0.2, 0.25) is 0 Å². The topological polar surface area (TPSA) is 29.1 Å². The Morgan fingerprint density at radius 3 is 2.61 bits per heavy atom. The lowest BCUT2D eigenvalue weighted by Gasteiger charge is -2.12. The Labute approximate surface area is 103 Å². The van der Waals surface area contributed by atoms with Crippen LogP contribution in [0.2, 0.25) is 0 Å². The summed E-state index contributed by atoms with van der Waals surface area (Å²) in [5.41, 5.74) is -0.565. The molecule has 0 fully saturated rings. The fraction of sp³-hybridized carbons (Fsp3) is 0.308. The summed E-state index contributed by atoms with van der Waals surface area (Å²) in [5, 5.41) is 2.37. The number of halogens is 3. The third kappa shape index (κ3) is 3.04. The van der Waals surface area contributed by atoms with Crippen LogP contribution in [0, 0.1) is 29.8 Å². The van der Waals surface area contributed by atoms with Crippen LogP contribution in [0.15, 0.2) is 12.1 Å². The van der Waals surface area contributed by atoms with Gasteiger partial charge in [0.1, 0.15) is 0 Å². The van der Waals surface area contributed by atoms with E-state index >= 15 is 0 Å². The molecule has 0 aromatic heterocycles. The molecule has 1 aromatic carbocycles. The van der Waals surface area contributed by atoms with Crippen molar-refractivity contribution in [2.24, 2.45) is 0 Å². The largest absolute Gasteiger partial charge is 0.338 e. The fourth-order valence-electron chi connectivity index (χ4n) is 1.42. The lowest BCUT2D eigenvalue weighted by atomic mass is 10.1. The number of carbonyl (C=O) groups excluding carboxylic acids is 1. The van der Waals surface area contributed by atoms with Crippen LogP contribution < -0.4 is 5.32 Å². The Morgan fingerprint density at radius 1 is 1.39 bits per heavy atom. The number of amides is 1. The minimum absolute atomic E-state index is 0.521. The van der Waals surface area contributed by atoms with E-state index in [1.807, 2.05) is 6.92 Å². The van der Waals surface area contributed by atoms with E-state index in [-0.39, 0.29) is 0 Å². The predicted molar refractivity (Wildman–Crippen MR) is 61.3 cm³/mol. The van der Waals surface area contributed by atoms with Gasteiger partial charge in [-0.1, -0.05) is 19.3 Å². The molecular formula is C13H12F3NO. The van der Waals surface area contributed by atoms with Gasteiger partial charge in [-0.3, -0.25) is 4.79 Å². The summed E-state index contributed by atoms with van der Waals surface area (Å²) in [7, 11) is 0. The summed E-state index contributed by atoms with van der Waals surface area (Å²) >= 11 is 0. The molecule has 96 valence electrons. The van der Waals surface area contributed by atoms with Crippen molar-refractivity contribution in [3.63, 3.8) is 0 Å². The molecule has 0 saturated carbocycles. The molecule has 1 unspecified atom stereocenters. The number of terminal acetylenes is 1. The highest BCUT2D eigenvalue weighted by molar-refractivity contribution is 5.94. The van der Waals surface area contributed by atoms with Crippen LogP contribution in [-0.4, -0.2) is 11.9 Å². The molecular weight excluding hydrogens is 243 g/mol. The van der Waals surface area contributed by atoms with Crippen LogP contribution in [0.5, 0.6) is 0 Å². The van der Waals surface area contributed by atoms with Crippen molar-refractivity contribution in [3.05, 3.63) is 35.1 Å². The Morgan fingerprint density at radius 2 is 2.06 bits per heavy atom. The minimum atomic E-state index is -1.67. The summed E-state index contributed by atoms with van der Waals surface area (Å²) in [4.78, 5) is 11.6. The van der Waals surface area contributed by atoms with Gasteiger partial charge in [0.05, 0.1) is 11.6 Å². The Balaban J connectivity index is 2.92. The molecule has 0 aliphatic carbocycles. The van der Waals surface area contributed by atoms with Crippen LogP contribution in [0.25, 0.3) is 0 Å². The van der Waals surface area contributed by atoms with Gasteiger partial charge in [0.25, 0.3) is 5.91 Å². The van der Waals surface area contributed by atoms with E-state index in [2.05, 4.69) is 11.2 Å². The zero-order chi connectivity index (χ0) is 13.7. The van der Waals surface area contributed by atoms with Gasteiger partial charge in [0.15, 0.2) is 17.5 Å². The molecule has 0 heterocycles. The highest BCUT2D eigenvalue weighted by Gasteiger charge is 2.20. The van der Waals surface area contributed by atoms with Crippen molar-refractivity contribution in [1.82, 2.24) is 5.32 Å². The molecule has 0 aliphatic heterocycles. The summed E-state index contributed by atoms with van der Waals surface area (Å²) < 4.78 is 39.0. The van der Waals surface area contributed by atoms with E-state index in [9.17, 15) is 18.0 Å². The maximum Gasteiger partial charge on any atom is 0.255 e. The monoisotopic (exact) mass is 255 g/mol. The quantitative estimate of drug-likeness (QED) is 0.650. The molecule has 5 heteroatoms. The molecule has 1 rings (SSSR count). The van der Waals surface area contributed by atoms with E-state index < -0.39 is 35.0 Å². The highest BCUT2D eigenvalue weighted by atomic mass is 19.2. The van der Waals surface area contributed by atoms with Crippen molar-refractivity contribution < 1.29 is 18.0 Å². The lowest BCUT2D eigenvalue weighted by molar-refractivity contribution is 0.0939. The van der Waals surface area contributed by atoms with Crippen LogP contribution in [0.1, 0.15) is 30.1 Å². The number of hydrogen-bond acceptors (Lipinski definition) is 1. The second-order valence-corrected chi connectivity index (χ2v) is 3.70. The van der Waals surface area contributed by atoms with Crippen molar-refractivity contribution in [2.45, 2.75) is 25.8 Å². The van der Waals surface area contributed by atoms with Crippen LogP contribution >= 0.6 is 0 Å². The van der Waals surface area contributed by atoms with Crippen LogP contribution in [0.4, 0.5) is 13.2 Å².